The molecule has 0 aromatic carbocycles. The summed E-state index contributed by atoms with van der Waals surface area (Å²) in [5.74, 6) is 0.945. The van der Waals surface area contributed by atoms with Crippen molar-refractivity contribution in [2.75, 3.05) is 43.0 Å². The second kappa shape index (κ2) is 5.83. The van der Waals surface area contributed by atoms with Gasteiger partial charge in [-0.15, -0.1) is 10.2 Å². The predicted octanol–water partition coefficient (Wildman–Crippen LogP) is 1.03. The summed E-state index contributed by atoms with van der Waals surface area (Å²) in [4.78, 5) is 9.29. The number of hydrogen-bond acceptors (Lipinski definition) is 5. The Kier molecular flexibility index (Phi) is 3.93. The lowest BCUT2D eigenvalue weighted by molar-refractivity contribution is 0.313. The molecule has 2 aromatic rings. The molecule has 0 aliphatic carbocycles. The number of rotatable bonds is 3. The quantitative estimate of drug-likeness (QED) is 0.789. The van der Waals surface area contributed by atoms with Gasteiger partial charge >= 0.3 is 0 Å². The molecule has 1 aliphatic heterocycles. The van der Waals surface area contributed by atoms with Crippen LogP contribution in [0.1, 0.15) is 6.42 Å². The summed E-state index contributed by atoms with van der Waals surface area (Å²) in [6.45, 7) is 5.35. The van der Waals surface area contributed by atoms with Crippen LogP contribution in [0.2, 0.25) is 0 Å². The van der Waals surface area contributed by atoms with Crippen LogP contribution in [0.3, 0.4) is 0 Å². The van der Waals surface area contributed by atoms with E-state index in [0.717, 1.165) is 55.9 Å². The van der Waals surface area contributed by atoms with E-state index in [0.29, 0.717) is 0 Å². The highest BCUT2D eigenvalue weighted by atomic mass is 79.9. The Morgan fingerprint density at radius 3 is 3.05 bits per heavy atom. The lowest BCUT2D eigenvalue weighted by Gasteiger charge is -2.22. The highest BCUT2D eigenvalue weighted by Gasteiger charge is 2.18. The van der Waals surface area contributed by atoms with Crippen LogP contribution in [0.4, 0.5) is 5.82 Å². The molecule has 0 N–H and O–H groups in total. The lowest BCUT2D eigenvalue weighted by Crippen LogP contribution is -2.32. The molecule has 19 heavy (non-hydrogen) atoms. The monoisotopic (exact) mass is 324 g/mol. The van der Waals surface area contributed by atoms with Crippen LogP contribution in [0, 0.1) is 0 Å². The lowest BCUT2D eigenvalue weighted by atomic mass is 10.4. The predicted molar refractivity (Wildman–Crippen MR) is 77.8 cm³/mol. The summed E-state index contributed by atoms with van der Waals surface area (Å²) >= 11 is 3.51. The van der Waals surface area contributed by atoms with Crippen LogP contribution in [0.15, 0.2) is 18.7 Å². The van der Waals surface area contributed by atoms with Crippen molar-refractivity contribution < 1.29 is 0 Å². The van der Waals surface area contributed by atoms with Gasteiger partial charge in [0.1, 0.15) is 6.33 Å². The van der Waals surface area contributed by atoms with E-state index in [-0.39, 0.29) is 0 Å². The van der Waals surface area contributed by atoms with E-state index in [1.807, 2.05) is 16.8 Å². The second-order valence-corrected chi connectivity index (χ2v) is 5.48. The molecule has 0 radical (unpaired) electrons. The molecule has 1 aliphatic rings. The Hall–Kier alpha value is -1.21. The maximum atomic E-state index is 4.49. The van der Waals surface area contributed by atoms with Gasteiger partial charge in [0.15, 0.2) is 5.82 Å². The van der Waals surface area contributed by atoms with Crippen molar-refractivity contribution in [3.63, 3.8) is 0 Å². The van der Waals surface area contributed by atoms with E-state index >= 15 is 0 Å². The molecule has 1 fully saturated rings. The fourth-order valence-corrected chi connectivity index (χ4v) is 3.00. The molecule has 0 atom stereocenters. The number of anilines is 1. The molecule has 0 bridgehead atoms. The molecule has 6 nitrogen and oxygen atoms in total. The Morgan fingerprint density at radius 1 is 1.21 bits per heavy atom. The largest absolute Gasteiger partial charge is 0.352 e. The number of fused-ring (bicyclic) bond motifs is 1. The molecular weight excluding hydrogens is 308 g/mol. The van der Waals surface area contributed by atoms with Crippen molar-refractivity contribution in [1.29, 1.82) is 0 Å². The SMILES string of the molecule is BrCCN1CCCN(c2nccn3cnnc23)CC1. The van der Waals surface area contributed by atoms with Gasteiger partial charge in [-0.25, -0.2) is 4.98 Å². The molecule has 1 saturated heterocycles. The van der Waals surface area contributed by atoms with E-state index in [2.05, 4.69) is 40.9 Å². The van der Waals surface area contributed by atoms with Gasteiger partial charge in [-0.1, -0.05) is 15.9 Å². The molecule has 102 valence electrons. The Morgan fingerprint density at radius 2 is 2.16 bits per heavy atom. The smallest absolute Gasteiger partial charge is 0.203 e. The molecule has 0 unspecified atom stereocenters. The second-order valence-electron chi connectivity index (χ2n) is 4.68. The van der Waals surface area contributed by atoms with Crippen molar-refractivity contribution in [1.82, 2.24) is 24.5 Å². The van der Waals surface area contributed by atoms with Gasteiger partial charge in [0.2, 0.25) is 5.65 Å². The van der Waals surface area contributed by atoms with Gasteiger partial charge in [0.25, 0.3) is 0 Å². The van der Waals surface area contributed by atoms with Gasteiger partial charge in [0, 0.05) is 43.9 Å². The van der Waals surface area contributed by atoms with E-state index in [4.69, 9.17) is 0 Å². The summed E-state index contributed by atoms with van der Waals surface area (Å²) in [5.41, 5.74) is 0.844. The summed E-state index contributed by atoms with van der Waals surface area (Å²) in [5, 5.41) is 9.15. The van der Waals surface area contributed by atoms with Gasteiger partial charge in [-0.05, 0) is 13.0 Å². The van der Waals surface area contributed by atoms with Crippen molar-refractivity contribution in [2.24, 2.45) is 0 Å². The average molecular weight is 325 g/mol. The van der Waals surface area contributed by atoms with Crippen LogP contribution in [-0.2, 0) is 0 Å². The van der Waals surface area contributed by atoms with Gasteiger partial charge in [0.05, 0.1) is 0 Å². The summed E-state index contributed by atoms with van der Waals surface area (Å²) in [6.07, 6.45) is 6.57. The zero-order valence-electron chi connectivity index (χ0n) is 10.7. The van der Waals surface area contributed by atoms with E-state index in [1.54, 1.807) is 6.33 Å². The normalized spacial score (nSPS) is 17.8. The minimum absolute atomic E-state index is 0.844. The third-order valence-corrected chi connectivity index (χ3v) is 3.84. The van der Waals surface area contributed by atoms with Crippen LogP contribution in [0.5, 0.6) is 0 Å². The van der Waals surface area contributed by atoms with Gasteiger partial charge in [-0.2, -0.15) is 0 Å². The summed E-state index contributed by atoms with van der Waals surface area (Å²) < 4.78 is 1.92. The standard InChI is InChI=1S/C12H17BrN6/c13-2-6-17-4-1-5-18(9-8-17)11-12-16-15-10-19(12)7-3-14-11/h3,7,10H,1-2,4-6,8-9H2. The maximum absolute atomic E-state index is 4.49. The number of hydrogen-bond donors (Lipinski definition) is 0. The van der Waals surface area contributed by atoms with E-state index in [9.17, 15) is 0 Å². The van der Waals surface area contributed by atoms with Crippen LogP contribution < -0.4 is 4.90 Å². The fraction of sp³-hybridized carbons (Fsp3) is 0.583. The minimum atomic E-state index is 0.844. The van der Waals surface area contributed by atoms with Crippen molar-refractivity contribution >= 4 is 27.4 Å². The van der Waals surface area contributed by atoms with Crippen molar-refractivity contribution in [3.8, 4) is 0 Å². The number of aromatic nitrogens is 4. The molecule has 0 saturated carbocycles. The van der Waals surface area contributed by atoms with Gasteiger partial charge in [-0.3, -0.25) is 4.40 Å². The number of alkyl halides is 1. The van der Waals surface area contributed by atoms with Crippen LogP contribution >= 0.6 is 15.9 Å². The third-order valence-electron chi connectivity index (χ3n) is 3.49. The first-order valence-corrected chi connectivity index (χ1v) is 7.68. The highest BCUT2D eigenvalue weighted by Crippen LogP contribution is 2.18. The minimum Gasteiger partial charge on any atom is -0.352 e. The zero-order valence-corrected chi connectivity index (χ0v) is 12.3. The molecule has 3 heterocycles. The molecule has 0 amide bonds. The van der Waals surface area contributed by atoms with Gasteiger partial charge < -0.3 is 9.80 Å². The Bertz CT molecular complexity index is 542. The van der Waals surface area contributed by atoms with Crippen LogP contribution in [-0.4, -0.2) is 62.5 Å². The Balaban J connectivity index is 1.80. The van der Waals surface area contributed by atoms with Crippen LogP contribution in [0.25, 0.3) is 5.65 Å². The summed E-state index contributed by atoms with van der Waals surface area (Å²) in [6, 6.07) is 0. The summed E-state index contributed by atoms with van der Waals surface area (Å²) in [7, 11) is 0. The maximum Gasteiger partial charge on any atom is 0.203 e. The van der Waals surface area contributed by atoms with E-state index < -0.39 is 0 Å². The zero-order chi connectivity index (χ0) is 13.1. The molecule has 3 rings (SSSR count). The number of nitrogens with zero attached hydrogens (tertiary/aromatic N) is 6. The molecule has 0 spiro atoms. The highest BCUT2D eigenvalue weighted by molar-refractivity contribution is 9.09. The first-order valence-electron chi connectivity index (χ1n) is 6.56. The first-order chi connectivity index (χ1) is 9.38. The third kappa shape index (κ3) is 2.71. The molecule has 7 heteroatoms. The topological polar surface area (TPSA) is 49.6 Å². The molecule has 2 aromatic heterocycles. The van der Waals surface area contributed by atoms with Crippen molar-refractivity contribution in [3.05, 3.63) is 18.7 Å². The average Bonchev–Trinajstić information content (AvgIpc) is 2.79. The first kappa shape index (κ1) is 12.8. The number of halogens is 1. The molecular formula is C12H17BrN6. The van der Waals surface area contributed by atoms with Crippen molar-refractivity contribution in [2.45, 2.75) is 6.42 Å². The Labute approximate surface area is 120 Å². The van der Waals surface area contributed by atoms with E-state index in [1.165, 1.54) is 0 Å². The fourth-order valence-electron chi connectivity index (χ4n) is 2.49.